The molecule has 5 nitrogen and oxygen atoms in total. The third-order valence-electron chi connectivity index (χ3n) is 3.59. The van der Waals surface area contributed by atoms with E-state index in [1.165, 1.54) is 0 Å². The van der Waals surface area contributed by atoms with E-state index in [0.717, 1.165) is 11.3 Å². The first-order valence-corrected chi connectivity index (χ1v) is 7.94. The summed E-state index contributed by atoms with van der Waals surface area (Å²) in [5, 5.41) is 15.7. The van der Waals surface area contributed by atoms with E-state index in [9.17, 15) is 9.90 Å². The Kier molecular flexibility index (Phi) is 6.21. The molecule has 0 aliphatic rings. The molecule has 0 heterocycles. The Morgan fingerprint density at radius 1 is 1.17 bits per heavy atom. The molecule has 2 aromatic rings. The summed E-state index contributed by atoms with van der Waals surface area (Å²) < 4.78 is 5.21. The van der Waals surface area contributed by atoms with Crippen LogP contribution < -0.4 is 15.4 Å². The SMILES string of the molecule is COc1ccc(N[C@H](C(=O)NC(C)C)c2ccccc2)cc1CO. The summed E-state index contributed by atoms with van der Waals surface area (Å²) in [7, 11) is 1.56. The van der Waals surface area contributed by atoms with Crippen LogP contribution in [0.15, 0.2) is 48.5 Å². The Morgan fingerprint density at radius 2 is 1.88 bits per heavy atom. The molecule has 0 aliphatic carbocycles. The van der Waals surface area contributed by atoms with Gasteiger partial charge < -0.3 is 20.5 Å². The fraction of sp³-hybridized carbons (Fsp3) is 0.316. The molecule has 2 aromatic carbocycles. The highest BCUT2D eigenvalue weighted by Crippen LogP contribution is 2.26. The molecular formula is C19H24N2O3. The zero-order chi connectivity index (χ0) is 17.5. The average Bonchev–Trinajstić information content (AvgIpc) is 2.59. The lowest BCUT2D eigenvalue weighted by atomic mass is 10.0. The van der Waals surface area contributed by atoms with Gasteiger partial charge in [0.1, 0.15) is 11.8 Å². The fourth-order valence-electron chi connectivity index (χ4n) is 2.47. The van der Waals surface area contributed by atoms with E-state index in [-0.39, 0.29) is 18.6 Å². The predicted molar refractivity (Wildman–Crippen MR) is 95.0 cm³/mol. The van der Waals surface area contributed by atoms with Crippen LogP contribution in [0, 0.1) is 0 Å². The highest BCUT2D eigenvalue weighted by Gasteiger charge is 2.21. The van der Waals surface area contributed by atoms with Crippen LogP contribution in [0.1, 0.15) is 31.0 Å². The number of carbonyl (C=O) groups is 1. The number of ether oxygens (including phenoxy) is 1. The lowest BCUT2D eigenvalue weighted by Gasteiger charge is -2.22. The first-order chi connectivity index (χ1) is 11.5. The molecular weight excluding hydrogens is 304 g/mol. The Morgan fingerprint density at radius 3 is 2.46 bits per heavy atom. The minimum Gasteiger partial charge on any atom is -0.496 e. The highest BCUT2D eigenvalue weighted by atomic mass is 16.5. The van der Waals surface area contributed by atoms with Gasteiger partial charge in [0.2, 0.25) is 5.91 Å². The third kappa shape index (κ3) is 4.49. The first kappa shape index (κ1) is 17.8. The van der Waals surface area contributed by atoms with Gasteiger partial charge in [-0.25, -0.2) is 0 Å². The van der Waals surface area contributed by atoms with E-state index >= 15 is 0 Å². The second-order valence-electron chi connectivity index (χ2n) is 5.84. The van der Waals surface area contributed by atoms with Gasteiger partial charge >= 0.3 is 0 Å². The van der Waals surface area contributed by atoms with Crippen LogP contribution in [0.3, 0.4) is 0 Å². The van der Waals surface area contributed by atoms with E-state index in [0.29, 0.717) is 11.3 Å². The molecule has 24 heavy (non-hydrogen) atoms. The number of anilines is 1. The lowest BCUT2D eigenvalue weighted by molar-refractivity contribution is -0.122. The predicted octanol–water partition coefficient (Wildman–Crippen LogP) is 2.87. The quantitative estimate of drug-likeness (QED) is 0.731. The van der Waals surface area contributed by atoms with Crippen LogP contribution >= 0.6 is 0 Å². The summed E-state index contributed by atoms with van der Waals surface area (Å²) in [4.78, 5) is 12.6. The van der Waals surface area contributed by atoms with Crippen LogP contribution in [-0.2, 0) is 11.4 Å². The fourth-order valence-corrected chi connectivity index (χ4v) is 2.47. The molecule has 0 fully saturated rings. The van der Waals surface area contributed by atoms with E-state index in [4.69, 9.17) is 4.74 Å². The van der Waals surface area contributed by atoms with Gasteiger partial charge in [-0.3, -0.25) is 4.79 Å². The normalized spacial score (nSPS) is 11.9. The number of nitrogens with one attached hydrogen (secondary N) is 2. The van der Waals surface area contributed by atoms with Crippen molar-refractivity contribution in [2.75, 3.05) is 12.4 Å². The zero-order valence-electron chi connectivity index (χ0n) is 14.2. The number of aliphatic hydroxyl groups excluding tert-OH is 1. The van der Waals surface area contributed by atoms with Crippen molar-refractivity contribution in [2.45, 2.75) is 32.5 Å². The Labute approximate surface area is 142 Å². The van der Waals surface area contributed by atoms with E-state index < -0.39 is 6.04 Å². The minimum absolute atomic E-state index is 0.0504. The molecule has 0 unspecified atom stereocenters. The van der Waals surface area contributed by atoms with Crippen molar-refractivity contribution in [2.24, 2.45) is 0 Å². The molecule has 0 aliphatic heterocycles. The molecule has 5 heteroatoms. The smallest absolute Gasteiger partial charge is 0.247 e. The van der Waals surface area contributed by atoms with Crippen molar-refractivity contribution < 1.29 is 14.6 Å². The van der Waals surface area contributed by atoms with Crippen LogP contribution in [-0.4, -0.2) is 24.2 Å². The summed E-state index contributed by atoms with van der Waals surface area (Å²) in [5.74, 6) is 0.517. The molecule has 0 saturated carbocycles. The van der Waals surface area contributed by atoms with Gasteiger partial charge in [-0.2, -0.15) is 0 Å². The number of methoxy groups -OCH3 is 1. The molecule has 128 valence electrons. The number of aliphatic hydroxyl groups is 1. The van der Waals surface area contributed by atoms with E-state index in [1.807, 2.05) is 50.2 Å². The highest BCUT2D eigenvalue weighted by molar-refractivity contribution is 5.86. The molecule has 0 spiro atoms. The van der Waals surface area contributed by atoms with Crippen LogP contribution in [0.5, 0.6) is 5.75 Å². The molecule has 1 amide bonds. The van der Waals surface area contributed by atoms with E-state index in [2.05, 4.69) is 10.6 Å². The Hall–Kier alpha value is -2.53. The van der Waals surface area contributed by atoms with Crippen LogP contribution in [0.25, 0.3) is 0 Å². The maximum absolute atomic E-state index is 12.6. The summed E-state index contributed by atoms with van der Waals surface area (Å²) in [5.41, 5.74) is 2.28. The maximum atomic E-state index is 12.6. The molecule has 1 atom stereocenters. The monoisotopic (exact) mass is 328 g/mol. The molecule has 0 bridgehead atoms. The number of rotatable bonds is 7. The average molecular weight is 328 g/mol. The van der Waals surface area contributed by atoms with Gasteiger partial charge in [0, 0.05) is 17.3 Å². The van der Waals surface area contributed by atoms with Gasteiger partial charge in [-0.05, 0) is 37.6 Å². The van der Waals surface area contributed by atoms with Crippen LogP contribution in [0.4, 0.5) is 5.69 Å². The lowest BCUT2D eigenvalue weighted by Crippen LogP contribution is -2.37. The molecule has 0 radical (unpaired) electrons. The largest absolute Gasteiger partial charge is 0.496 e. The van der Waals surface area contributed by atoms with Crippen molar-refractivity contribution in [3.05, 3.63) is 59.7 Å². The molecule has 0 aromatic heterocycles. The molecule has 0 saturated heterocycles. The summed E-state index contributed by atoms with van der Waals surface area (Å²) in [6.45, 7) is 3.72. The van der Waals surface area contributed by atoms with Crippen LogP contribution in [0.2, 0.25) is 0 Å². The molecule has 3 N–H and O–H groups in total. The summed E-state index contributed by atoms with van der Waals surface area (Å²) in [6, 6.07) is 14.5. The topological polar surface area (TPSA) is 70.6 Å². The summed E-state index contributed by atoms with van der Waals surface area (Å²) in [6.07, 6.45) is 0. The maximum Gasteiger partial charge on any atom is 0.247 e. The van der Waals surface area contributed by atoms with Crippen molar-refractivity contribution in [1.82, 2.24) is 5.32 Å². The zero-order valence-corrected chi connectivity index (χ0v) is 14.2. The number of benzene rings is 2. The first-order valence-electron chi connectivity index (χ1n) is 7.94. The van der Waals surface area contributed by atoms with Gasteiger partial charge in [0.15, 0.2) is 0 Å². The molecule has 2 rings (SSSR count). The number of hydrogen-bond acceptors (Lipinski definition) is 4. The number of hydrogen-bond donors (Lipinski definition) is 3. The van der Waals surface area contributed by atoms with Gasteiger partial charge in [-0.1, -0.05) is 30.3 Å². The van der Waals surface area contributed by atoms with Gasteiger partial charge in [0.25, 0.3) is 0 Å². The van der Waals surface area contributed by atoms with Crippen molar-refractivity contribution in [3.8, 4) is 5.75 Å². The van der Waals surface area contributed by atoms with Crippen molar-refractivity contribution >= 4 is 11.6 Å². The van der Waals surface area contributed by atoms with E-state index in [1.54, 1.807) is 19.2 Å². The van der Waals surface area contributed by atoms with Crippen molar-refractivity contribution in [3.63, 3.8) is 0 Å². The van der Waals surface area contributed by atoms with Gasteiger partial charge in [-0.15, -0.1) is 0 Å². The summed E-state index contributed by atoms with van der Waals surface area (Å²) >= 11 is 0. The number of amides is 1. The second kappa shape index (κ2) is 8.36. The minimum atomic E-state index is -0.520. The number of carbonyl (C=O) groups excluding carboxylic acids is 1. The van der Waals surface area contributed by atoms with Gasteiger partial charge in [0.05, 0.1) is 13.7 Å². The van der Waals surface area contributed by atoms with Crippen molar-refractivity contribution in [1.29, 1.82) is 0 Å². The Balaban J connectivity index is 2.30. The second-order valence-corrected chi connectivity index (χ2v) is 5.84. The third-order valence-corrected chi connectivity index (χ3v) is 3.59. The standard InChI is InChI=1S/C19H24N2O3/c1-13(2)20-19(23)18(14-7-5-4-6-8-14)21-16-9-10-17(24-3)15(11-16)12-22/h4-11,13,18,21-22H,12H2,1-3H3,(H,20,23)/t18-/m0/s1. The Bertz CT molecular complexity index is 672.